The van der Waals surface area contributed by atoms with E-state index in [9.17, 15) is 22.4 Å². The molecule has 1 aromatic heterocycles. The summed E-state index contributed by atoms with van der Waals surface area (Å²) in [6.45, 7) is 2.03. The second-order valence-corrected chi connectivity index (χ2v) is 10.7. The molecular formula is C23H22FN3O4S2. The average Bonchev–Trinajstić information content (AvgIpc) is 3.46. The van der Waals surface area contributed by atoms with Crippen molar-refractivity contribution in [2.45, 2.75) is 24.0 Å². The molecule has 2 amide bonds. The van der Waals surface area contributed by atoms with Crippen molar-refractivity contribution in [3.8, 4) is 0 Å². The van der Waals surface area contributed by atoms with Gasteiger partial charge in [-0.1, -0.05) is 6.07 Å². The van der Waals surface area contributed by atoms with Gasteiger partial charge in [0.15, 0.2) is 0 Å². The molecule has 0 bridgehead atoms. The number of thiophene rings is 1. The third-order valence-electron chi connectivity index (χ3n) is 5.29. The van der Waals surface area contributed by atoms with Crippen LogP contribution in [0.15, 0.2) is 64.2 Å². The lowest BCUT2D eigenvalue weighted by atomic mass is 10.1. The van der Waals surface area contributed by atoms with Crippen molar-refractivity contribution < 1.29 is 22.4 Å². The highest BCUT2D eigenvalue weighted by molar-refractivity contribution is 7.94. The maximum atomic E-state index is 13.4. The first-order valence-corrected chi connectivity index (χ1v) is 12.6. The third-order valence-corrected chi connectivity index (χ3v) is 8.43. The number of anilines is 3. The van der Waals surface area contributed by atoms with Crippen LogP contribution in [0.1, 0.15) is 18.4 Å². The summed E-state index contributed by atoms with van der Waals surface area (Å²) in [5.74, 6) is -0.990. The highest BCUT2D eigenvalue weighted by Gasteiger charge is 2.28. The molecule has 3 aromatic rings. The molecule has 33 heavy (non-hydrogen) atoms. The number of benzene rings is 2. The van der Waals surface area contributed by atoms with Gasteiger partial charge in [0.25, 0.3) is 10.0 Å². The average molecular weight is 488 g/mol. The van der Waals surface area contributed by atoms with Crippen LogP contribution in [0, 0.1) is 12.7 Å². The Bertz CT molecular complexity index is 1280. The normalized spacial score (nSPS) is 13.9. The standard InChI is InChI=1S/C23H22FN3O4S2/c1-16-14-18(8-11-20(16)26-12-2-4-22(26)29)25-21(28)15-27(19-9-6-17(24)7-10-19)33(30,31)23-5-3-13-32-23/h3,5-11,13-14H,2,4,12,15H2,1H3,(H,25,28). The summed E-state index contributed by atoms with van der Waals surface area (Å²) in [4.78, 5) is 26.6. The SMILES string of the molecule is Cc1cc(NC(=O)CN(c2ccc(F)cc2)S(=O)(=O)c2cccs2)ccc1N1CCCC1=O. The number of hydrogen-bond donors (Lipinski definition) is 1. The molecule has 1 aliphatic rings. The highest BCUT2D eigenvalue weighted by Crippen LogP contribution is 2.29. The largest absolute Gasteiger partial charge is 0.325 e. The van der Waals surface area contributed by atoms with Crippen molar-refractivity contribution in [1.29, 1.82) is 0 Å². The molecule has 1 aliphatic heterocycles. The zero-order valence-corrected chi connectivity index (χ0v) is 19.5. The van der Waals surface area contributed by atoms with Gasteiger partial charge in [0.1, 0.15) is 16.6 Å². The van der Waals surface area contributed by atoms with Gasteiger partial charge < -0.3 is 10.2 Å². The summed E-state index contributed by atoms with van der Waals surface area (Å²) in [5.41, 5.74) is 2.29. The first-order valence-electron chi connectivity index (χ1n) is 10.3. The molecule has 0 atom stereocenters. The van der Waals surface area contributed by atoms with Crippen LogP contribution < -0.4 is 14.5 Å². The van der Waals surface area contributed by atoms with Crippen molar-refractivity contribution >= 4 is 50.2 Å². The quantitative estimate of drug-likeness (QED) is 0.542. The van der Waals surface area contributed by atoms with Crippen LogP contribution in [0.25, 0.3) is 0 Å². The summed E-state index contributed by atoms with van der Waals surface area (Å²) in [7, 11) is -4.02. The fourth-order valence-corrected chi connectivity index (χ4v) is 6.24. The van der Waals surface area contributed by atoms with E-state index >= 15 is 0 Å². The van der Waals surface area contributed by atoms with E-state index in [1.54, 1.807) is 34.5 Å². The molecule has 4 rings (SSSR count). The minimum absolute atomic E-state index is 0.0728. The Kier molecular flexibility index (Phi) is 6.48. The number of amides is 2. The minimum Gasteiger partial charge on any atom is -0.325 e. The number of nitrogens with one attached hydrogen (secondary N) is 1. The van der Waals surface area contributed by atoms with E-state index in [-0.39, 0.29) is 15.8 Å². The Morgan fingerprint density at radius 1 is 1.18 bits per heavy atom. The number of hydrogen-bond acceptors (Lipinski definition) is 5. The van der Waals surface area contributed by atoms with Crippen LogP contribution in [0.4, 0.5) is 21.5 Å². The van der Waals surface area contributed by atoms with Gasteiger partial charge >= 0.3 is 0 Å². The number of sulfonamides is 1. The molecule has 7 nitrogen and oxygen atoms in total. The molecule has 0 aliphatic carbocycles. The summed E-state index contributed by atoms with van der Waals surface area (Å²) in [5, 5.41) is 4.35. The molecule has 0 saturated carbocycles. The predicted octanol–water partition coefficient (Wildman–Crippen LogP) is 4.16. The lowest BCUT2D eigenvalue weighted by Crippen LogP contribution is -2.37. The van der Waals surface area contributed by atoms with Gasteiger partial charge in [-0.15, -0.1) is 11.3 Å². The number of aryl methyl sites for hydroxylation is 1. The van der Waals surface area contributed by atoms with Crippen molar-refractivity contribution in [2.75, 3.05) is 27.6 Å². The van der Waals surface area contributed by atoms with Gasteiger partial charge in [-0.05, 0) is 72.8 Å². The molecule has 2 aromatic carbocycles. The van der Waals surface area contributed by atoms with E-state index in [1.165, 1.54) is 18.2 Å². The Labute approximate surface area is 195 Å². The van der Waals surface area contributed by atoms with E-state index < -0.39 is 28.3 Å². The topological polar surface area (TPSA) is 86.8 Å². The number of carbonyl (C=O) groups is 2. The number of halogens is 1. The molecule has 1 fully saturated rings. The van der Waals surface area contributed by atoms with E-state index in [2.05, 4.69) is 5.32 Å². The smallest absolute Gasteiger partial charge is 0.274 e. The Morgan fingerprint density at radius 2 is 1.94 bits per heavy atom. The van der Waals surface area contributed by atoms with Crippen molar-refractivity contribution in [3.63, 3.8) is 0 Å². The van der Waals surface area contributed by atoms with E-state index in [0.29, 0.717) is 18.7 Å². The number of carbonyl (C=O) groups excluding carboxylic acids is 2. The second-order valence-electron chi connectivity index (χ2n) is 7.62. The predicted molar refractivity (Wildman–Crippen MR) is 127 cm³/mol. The lowest BCUT2D eigenvalue weighted by Gasteiger charge is -2.23. The molecule has 1 N–H and O–H groups in total. The van der Waals surface area contributed by atoms with Crippen LogP contribution in [0.5, 0.6) is 0 Å². The second kappa shape index (κ2) is 9.32. The molecule has 0 unspecified atom stereocenters. The summed E-state index contributed by atoms with van der Waals surface area (Å²) < 4.78 is 40.8. The van der Waals surface area contributed by atoms with Gasteiger partial charge in [-0.3, -0.25) is 13.9 Å². The van der Waals surface area contributed by atoms with E-state index in [4.69, 9.17) is 0 Å². The molecule has 2 heterocycles. The van der Waals surface area contributed by atoms with Crippen LogP contribution in [-0.2, 0) is 19.6 Å². The Morgan fingerprint density at radius 3 is 2.55 bits per heavy atom. The highest BCUT2D eigenvalue weighted by atomic mass is 32.2. The summed E-state index contributed by atoms with van der Waals surface area (Å²) >= 11 is 1.04. The van der Waals surface area contributed by atoms with Crippen LogP contribution in [0.3, 0.4) is 0 Å². The lowest BCUT2D eigenvalue weighted by molar-refractivity contribution is -0.117. The summed E-state index contributed by atoms with van der Waals surface area (Å²) in [6.07, 6.45) is 1.34. The van der Waals surface area contributed by atoms with Gasteiger partial charge in [0.2, 0.25) is 11.8 Å². The zero-order valence-electron chi connectivity index (χ0n) is 17.8. The molecular weight excluding hydrogens is 465 g/mol. The van der Waals surface area contributed by atoms with Crippen molar-refractivity contribution in [2.24, 2.45) is 0 Å². The molecule has 0 radical (unpaired) electrons. The number of nitrogens with zero attached hydrogens (tertiary/aromatic N) is 2. The maximum Gasteiger partial charge on any atom is 0.274 e. The molecule has 10 heteroatoms. The van der Waals surface area contributed by atoms with Gasteiger partial charge in [0.05, 0.1) is 5.69 Å². The van der Waals surface area contributed by atoms with Gasteiger partial charge in [0, 0.05) is 24.3 Å². The fourth-order valence-electron chi connectivity index (χ4n) is 3.71. The fraction of sp³-hybridized carbons (Fsp3) is 0.217. The van der Waals surface area contributed by atoms with Gasteiger partial charge in [-0.2, -0.15) is 0 Å². The monoisotopic (exact) mass is 487 g/mol. The van der Waals surface area contributed by atoms with E-state index in [1.807, 2.05) is 6.92 Å². The van der Waals surface area contributed by atoms with Crippen molar-refractivity contribution in [3.05, 3.63) is 71.4 Å². The number of rotatable bonds is 7. The first kappa shape index (κ1) is 22.9. The zero-order chi connectivity index (χ0) is 23.6. The van der Waals surface area contributed by atoms with Crippen LogP contribution in [-0.4, -0.2) is 33.3 Å². The van der Waals surface area contributed by atoms with Crippen LogP contribution >= 0.6 is 11.3 Å². The van der Waals surface area contributed by atoms with Gasteiger partial charge in [-0.25, -0.2) is 12.8 Å². The van der Waals surface area contributed by atoms with Crippen LogP contribution in [0.2, 0.25) is 0 Å². The third kappa shape index (κ3) is 4.91. The molecule has 0 spiro atoms. The first-order chi connectivity index (χ1) is 15.8. The molecule has 172 valence electrons. The van der Waals surface area contributed by atoms with E-state index in [0.717, 1.165) is 45.4 Å². The Balaban J connectivity index is 1.55. The minimum atomic E-state index is -4.02. The summed E-state index contributed by atoms with van der Waals surface area (Å²) in [6, 6.07) is 13.2. The Hall–Kier alpha value is -3.24. The maximum absolute atomic E-state index is 13.4. The molecule has 1 saturated heterocycles. The van der Waals surface area contributed by atoms with Crippen molar-refractivity contribution in [1.82, 2.24) is 0 Å².